The van der Waals surface area contributed by atoms with E-state index in [1.807, 2.05) is 19.9 Å². The molecule has 0 aliphatic rings. The maximum Gasteiger partial charge on any atom is 0.126 e. The van der Waals surface area contributed by atoms with Gasteiger partial charge in [-0.2, -0.15) is 0 Å². The van der Waals surface area contributed by atoms with Gasteiger partial charge in [0.15, 0.2) is 0 Å². The van der Waals surface area contributed by atoms with Gasteiger partial charge in [0, 0.05) is 0 Å². The zero-order chi connectivity index (χ0) is 13.9. The third kappa shape index (κ3) is 3.09. The Morgan fingerprint density at radius 3 is 2.06 bits per heavy atom. The zero-order valence-corrected chi connectivity index (χ0v) is 11.8. The number of aryl methyl sites for hydroxylation is 2. The first-order valence-corrected chi connectivity index (χ1v) is 6.59. The molecule has 18 heavy (non-hydrogen) atoms. The molecule has 0 saturated carbocycles. The molecule has 0 saturated heterocycles. The summed E-state index contributed by atoms with van der Waals surface area (Å²) < 4.78 is 14.1. The van der Waals surface area contributed by atoms with E-state index in [0.29, 0.717) is 13.1 Å². The Kier molecular flexibility index (Phi) is 5.29. The maximum atomic E-state index is 14.1. The highest BCUT2D eigenvalue weighted by molar-refractivity contribution is 5.33. The van der Waals surface area contributed by atoms with Gasteiger partial charge >= 0.3 is 0 Å². The van der Waals surface area contributed by atoms with Crippen molar-refractivity contribution >= 4 is 0 Å². The first kappa shape index (κ1) is 15.1. The first-order valence-electron chi connectivity index (χ1n) is 6.59. The standard InChI is InChI=1S/C15H25FN2/c1-9-5-14(15(16)6-10(9)2)12(4)11(3)13(7-17)8-18/h5-6,11-13H,7-8,17-18H2,1-4H3. The molecule has 0 spiro atoms. The lowest BCUT2D eigenvalue weighted by atomic mass is 9.79. The van der Waals surface area contributed by atoms with E-state index in [4.69, 9.17) is 11.5 Å². The topological polar surface area (TPSA) is 52.0 Å². The molecule has 0 amide bonds. The van der Waals surface area contributed by atoms with E-state index in [9.17, 15) is 4.39 Å². The van der Waals surface area contributed by atoms with Crippen LogP contribution in [0.5, 0.6) is 0 Å². The fourth-order valence-corrected chi connectivity index (χ4v) is 2.37. The number of halogens is 1. The monoisotopic (exact) mass is 252 g/mol. The SMILES string of the molecule is Cc1cc(F)c(C(C)C(C)C(CN)CN)cc1C. The second-order valence-electron chi connectivity index (χ2n) is 5.34. The van der Waals surface area contributed by atoms with Gasteiger partial charge in [-0.3, -0.25) is 0 Å². The number of benzene rings is 1. The second kappa shape index (κ2) is 6.30. The summed E-state index contributed by atoms with van der Waals surface area (Å²) in [6.07, 6.45) is 0. The van der Waals surface area contributed by atoms with Gasteiger partial charge in [0.05, 0.1) is 0 Å². The van der Waals surface area contributed by atoms with Gasteiger partial charge < -0.3 is 11.5 Å². The zero-order valence-electron chi connectivity index (χ0n) is 11.8. The minimum Gasteiger partial charge on any atom is -0.330 e. The summed E-state index contributed by atoms with van der Waals surface area (Å²) in [6.45, 7) is 9.20. The average Bonchev–Trinajstić information content (AvgIpc) is 2.34. The molecule has 2 unspecified atom stereocenters. The van der Waals surface area contributed by atoms with Crippen LogP contribution in [-0.4, -0.2) is 13.1 Å². The van der Waals surface area contributed by atoms with Crippen LogP contribution in [0.2, 0.25) is 0 Å². The molecule has 0 aliphatic heterocycles. The molecule has 0 bridgehead atoms. The van der Waals surface area contributed by atoms with Crippen molar-refractivity contribution < 1.29 is 4.39 Å². The Bertz CT molecular complexity index is 400. The van der Waals surface area contributed by atoms with Crippen LogP contribution in [0.1, 0.15) is 36.5 Å². The van der Waals surface area contributed by atoms with Crippen LogP contribution in [-0.2, 0) is 0 Å². The summed E-state index contributed by atoms with van der Waals surface area (Å²) in [6, 6.07) is 3.57. The van der Waals surface area contributed by atoms with Gasteiger partial charge in [0.2, 0.25) is 0 Å². The summed E-state index contributed by atoms with van der Waals surface area (Å²) in [4.78, 5) is 0. The van der Waals surface area contributed by atoms with Crippen molar-refractivity contribution in [2.75, 3.05) is 13.1 Å². The van der Waals surface area contributed by atoms with Crippen molar-refractivity contribution in [3.63, 3.8) is 0 Å². The number of nitrogens with two attached hydrogens (primary N) is 2. The van der Waals surface area contributed by atoms with Crippen LogP contribution in [0, 0.1) is 31.5 Å². The molecule has 102 valence electrons. The fraction of sp³-hybridized carbons (Fsp3) is 0.600. The van der Waals surface area contributed by atoms with Gasteiger partial charge in [0.25, 0.3) is 0 Å². The molecule has 2 nitrogen and oxygen atoms in total. The number of hydrogen-bond acceptors (Lipinski definition) is 2. The predicted molar refractivity (Wildman–Crippen MR) is 75.1 cm³/mol. The summed E-state index contributed by atoms with van der Waals surface area (Å²) in [7, 11) is 0. The van der Waals surface area contributed by atoms with Crippen molar-refractivity contribution in [3.8, 4) is 0 Å². The normalized spacial score (nSPS) is 14.9. The average molecular weight is 252 g/mol. The van der Waals surface area contributed by atoms with Crippen molar-refractivity contribution in [3.05, 3.63) is 34.6 Å². The smallest absolute Gasteiger partial charge is 0.126 e. The Morgan fingerprint density at radius 2 is 1.56 bits per heavy atom. The third-order valence-electron chi connectivity index (χ3n) is 4.24. The van der Waals surface area contributed by atoms with Gasteiger partial charge in [-0.15, -0.1) is 0 Å². The lowest BCUT2D eigenvalue weighted by Crippen LogP contribution is -2.31. The lowest BCUT2D eigenvalue weighted by molar-refractivity contribution is 0.323. The molecular formula is C15H25FN2. The van der Waals surface area contributed by atoms with E-state index in [1.54, 1.807) is 6.07 Å². The summed E-state index contributed by atoms with van der Waals surface area (Å²) in [5.74, 6) is 0.518. The highest BCUT2D eigenvalue weighted by Crippen LogP contribution is 2.32. The van der Waals surface area contributed by atoms with E-state index >= 15 is 0 Å². The van der Waals surface area contributed by atoms with Gasteiger partial charge in [-0.1, -0.05) is 19.9 Å². The summed E-state index contributed by atoms with van der Waals surface area (Å²) >= 11 is 0. The summed E-state index contributed by atoms with van der Waals surface area (Å²) in [5.41, 5.74) is 14.3. The fourth-order valence-electron chi connectivity index (χ4n) is 2.37. The van der Waals surface area contributed by atoms with Crippen LogP contribution in [0.3, 0.4) is 0 Å². The van der Waals surface area contributed by atoms with Crippen LogP contribution in [0.15, 0.2) is 12.1 Å². The van der Waals surface area contributed by atoms with E-state index < -0.39 is 0 Å². The van der Waals surface area contributed by atoms with Gasteiger partial charge in [0.1, 0.15) is 5.82 Å². The Labute approximate surface area is 110 Å². The molecule has 0 radical (unpaired) electrons. The Balaban J connectivity index is 3.03. The van der Waals surface area contributed by atoms with E-state index in [1.165, 1.54) is 0 Å². The van der Waals surface area contributed by atoms with Crippen LogP contribution in [0.4, 0.5) is 4.39 Å². The molecule has 1 rings (SSSR count). The highest BCUT2D eigenvalue weighted by Gasteiger charge is 2.24. The molecule has 0 aliphatic carbocycles. The highest BCUT2D eigenvalue weighted by atomic mass is 19.1. The number of hydrogen-bond donors (Lipinski definition) is 2. The van der Waals surface area contributed by atoms with Crippen molar-refractivity contribution in [2.45, 2.75) is 33.6 Å². The molecule has 0 heterocycles. The van der Waals surface area contributed by atoms with Crippen LogP contribution < -0.4 is 11.5 Å². The maximum absolute atomic E-state index is 14.1. The van der Waals surface area contributed by atoms with E-state index in [-0.39, 0.29) is 23.6 Å². The van der Waals surface area contributed by atoms with Crippen LogP contribution in [0.25, 0.3) is 0 Å². The second-order valence-corrected chi connectivity index (χ2v) is 5.34. The minimum atomic E-state index is -0.120. The molecule has 0 aromatic heterocycles. The summed E-state index contributed by atoms with van der Waals surface area (Å²) in [5, 5.41) is 0. The van der Waals surface area contributed by atoms with Crippen molar-refractivity contribution in [1.29, 1.82) is 0 Å². The quantitative estimate of drug-likeness (QED) is 0.846. The number of rotatable bonds is 5. The first-order chi connectivity index (χ1) is 8.42. The van der Waals surface area contributed by atoms with E-state index in [2.05, 4.69) is 13.8 Å². The van der Waals surface area contributed by atoms with E-state index in [0.717, 1.165) is 16.7 Å². The molecule has 1 aromatic carbocycles. The third-order valence-corrected chi connectivity index (χ3v) is 4.24. The predicted octanol–water partition coefficient (Wildman–Crippen LogP) is 2.72. The largest absolute Gasteiger partial charge is 0.330 e. The Morgan fingerprint density at radius 1 is 1.06 bits per heavy atom. The molecule has 4 N–H and O–H groups in total. The Hall–Kier alpha value is -0.930. The van der Waals surface area contributed by atoms with Crippen LogP contribution >= 0.6 is 0 Å². The van der Waals surface area contributed by atoms with Gasteiger partial charge in [-0.25, -0.2) is 4.39 Å². The molecule has 3 heteroatoms. The molecule has 2 atom stereocenters. The van der Waals surface area contributed by atoms with Crippen molar-refractivity contribution in [1.82, 2.24) is 0 Å². The molecule has 1 aromatic rings. The van der Waals surface area contributed by atoms with Crippen molar-refractivity contribution in [2.24, 2.45) is 23.3 Å². The molecular weight excluding hydrogens is 227 g/mol. The molecule has 0 fully saturated rings. The van der Waals surface area contributed by atoms with Gasteiger partial charge in [-0.05, 0) is 67.4 Å². The lowest BCUT2D eigenvalue weighted by Gasteiger charge is -2.28. The minimum absolute atomic E-state index is 0.120.